The quantitative estimate of drug-likeness (QED) is 0.682. The van der Waals surface area contributed by atoms with Crippen molar-refractivity contribution in [2.24, 2.45) is 4.99 Å². The molecule has 1 aromatic heterocycles. The van der Waals surface area contributed by atoms with Crippen LogP contribution in [0.5, 0.6) is 0 Å². The summed E-state index contributed by atoms with van der Waals surface area (Å²) in [7, 11) is 1.82. The van der Waals surface area contributed by atoms with E-state index in [4.69, 9.17) is 11.6 Å². The zero-order valence-electron chi connectivity index (χ0n) is 13.7. The molecule has 0 amide bonds. The molecule has 3 rings (SSSR count). The normalized spacial score (nSPS) is 15.5. The number of hydrogen-bond acceptors (Lipinski definition) is 4. The number of aliphatic imine (C=N–C) groups is 1. The summed E-state index contributed by atoms with van der Waals surface area (Å²) in [5.74, 6) is 1.71. The molecule has 1 N–H and O–H groups in total. The molecular weight excluding hydrogens is 324 g/mol. The van der Waals surface area contributed by atoms with Gasteiger partial charge in [-0.1, -0.05) is 23.7 Å². The molecule has 1 aliphatic heterocycles. The van der Waals surface area contributed by atoms with Gasteiger partial charge < -0.3 is 15.1 Å². The molecule has 126 valence electrons. The highest BCUT2D eigenvalue weighted by atomic mass is 35.5. The Balaban J connectivity index is 1.53. The third-order valence-electron chi connectivity index (χ3n) is 3.99. The van der Waals surface area contributed by atoms with Gasteiger partial charge in [-0.15, -0.1) is 0 Å². The Morgan fingerprint density at radius 3 is 2.42 bits per heavy atom. The monoisotopic (exact) mass is 344 g/mol. The lowest BCUT2D eigenvalue weighted by Gasteiger charge is -2.36. The molecule has 0 unspecified atom stereocenters. The molecule has 7 heteroatoms. The van der Waals surface area contributed by atoms with Gasteiger partial charge in [0.1, 0.15) is 0 Å². The highest BCUT2D eigenvalue weighted by Crippen LogP contribution is 2.11. The number of aromatic nitrogens is 2. The average molecular weight is 345 g/mol. The summed E-state index contributed by atoms with van der Waals surface area (Å²) in [6.07, 6.45) is 3.56. The number of hydrogen-bond donors (Lipinski definition) is 1. The first kappa shape index (κ1) is 16.5. The van der Waals surface area contributed by atoms with E-state index in [2.05, 4.69) is 30.1 Å². The number of nitrogens with zero attached hydrogens (tertiary/aromatic N) is 5. The van der Waals surface area contributed by atoms with Crippen molar-refractivity contribution in [2.45, 2.75) is 6.54 Å². The van der Waals surface area contributed by atoms with Crippen LogP contribution in [0.25, 0.3) is 0 Å². The molecule has 0 bridgehead atoms. The number of anilines is 1. The standard InChI is InChI=1S/C17H21ClN6/c1-19-16(22-13-14-3-5-15(18)6-4-14)23-9-11-24(12-10-23)17-20-7-2-8-21-17/h2-8H,9-13H2,1H3,(H,19,22). The van der Waals surface area contributed by atoms with Crippen LogP contribution in [0.4, 0.5) is 5.95 Å². The summed E-state index contributed by atoms with van der Waals surface area (Å²) >= 11 is 5.92. The Bertz CT molecular complexity index is 665. The highest BCUT2D eigenvalue weighted by Gasteiger charge is 2.20. The third-order valence-corrected chi connectivity index (χ3v) is 4.24. The molecule has 1 saturated heterocycles. The zero-order valence-corrected chi connectivity index (χ0v) is 14.4. The predicted octanol–water partition coefficient (Wildman–Crippen LogP) is 2.03. The minimum Gasteiger partial charge on any atom is -0.352 e. The number of piperazine rings is 1. The van der Waals surface area contributed by atoms with Crippen LogP contribution >= 0.6 is 11.6 Å². The van der Waals surface area contributed by atoms with E-state index in [0.717, 1.165) is 49.7 Å². The van der Waals surface area contributed by atoms with Crippen LogP contribution in [-0.4, -0.2) is 54.1 Å². The SMILES string of the molecule is CN=C(NCc1ccc(Cl)cc1)N1CCN(c2ncccn2)CC1. The Morgan fingerprint density at radius 1 is 1.12 bits per heavy atom. The molecule has 24 heavy (non-hydrogen) atoms. The van der Waals surface area contributed by atoms with Gasteiger partial charge in [0.05, 0.1) is 0 Å². The molecule has 1 aromatic carbocycles. The Hall–Kier alpha value is -2.34. The third kappa shape index (κ3) is 4.14. The fourth-order valence-electron chi connectivity index (χ4n) is 2.69. The van der Waals surface area contributed by atoms with Gasteiger partial charge in [-0.3, -0.25) is 4.99 Å². The first-order valence-electron chi connectivity index (χ1n) is 7.98. The van der Waals surface area contributed by atoms with Crippen LogP contribution in [0.2, 0.25) is 5.02 Å². The average Bonchev–Trinajstić information content (AvgIpc) is 2.65. The van der Waals surface area contributed by atoms with Crippen LogP contribution in [0.15, 0.2) is 47.7 Å². The fourth-order valence-corrected chi connectivity index (χ4v) is 2.81. The number of nitrogens with one attached hydrogen (secondary N) is 1. The van der Waals surface area contributed by atoms with E-state index in [1.54, 1.807) is 12.4 Å². The van der Waals surface area contributed by atoms with Gasteiger partial charge in [-0.05, 0) is 23.8 Å². The van der Waals surface area contributed by atoms with E-state index in [0.29, 0.717) is 0 Å². The van der Waals surface area contributed by atoms with Gasteiger partial charge >= 0.3 is 0 Å². The van der Waals surface area contributed by atoms with Gasteiger partial charge in [-0.2, -0.15) is 0 Å². The number of guanidine groups is 1. The maximum absolute atomic E-state index is 5.92. The summed E-state index contributed by atoms with van der Waals surface area (Å²) in [5.41, 5.74) is 1.18. The van der Waals surface area contributed by atoms with E-state index in [-0.39, 0.29) is 0 Å². The first-order valence-corrected chi connectivity index (χ1v) is 8.36. The van der Waals surface area contributed by atoms with Gasteiger partial charge in [0.2, 0.25) is 5.95 Å². The lowest BCUT2D eigenvalue weighted by molar-refractivity contribution is 0.370. The fraction of sp³-hybridized carbons (Fsp3) is 0.353. The minimum atomic E-state index is 0.728. The van der Waals surface area contributed by atoms with Crippen LogP contribution in [0.3, 0.4) is 0 Å². The topological polar surface area (TPSA) is 56.7 Å². The first-order chi connectivity index (χ1) is 11.8. The molecule has 1 aliphatic rings. The molecule has 0 spiro atoms. The van der Waals surface area contributed by atoms with E-state index in [9.17, 15) is 0 Å². The Kier molecular flexibility index (Phi) is 5.48. The lowest BCUT2D eigenvalue weighted by Crippen LogP contribution is -2.52. The molecule has 0 radical (unpaired) electrons. The van der Waals surface area contributed by atoms with Crippen molar-refractivity contribution < 1.29 is 0 Å². The molecule has 1 fully saturated rings. The summed E-state index contributed by atoms with van der Waals surface area (Å²) in [5, 5.41) is 4.16. The summed E-state index contributed by atoms with van der Waals surface area (Å²) < 4.78 is 0. The summed E-state index contributed by atoms with van der Waals surface area (Å²) in [4.78, 5) is 17.5. The van der Waals surface area contributed by atoms with E-state index in [1.807, 2.05) is 37.4 Å². The zero-order chi connectivity index (χ0) is 16.8. The lowest BCUT2D eigenvalue weighted by atomic mass is 10.2. The summed E-state index contributed by atoms with van der Waals surface area (Å²) in [6.45, 7) is 4.26. The van der Waals surface area contributed by atoms with Crippen molar-refractivity contribution in [3.05, 3.63) is 53.3 Å². The molecule has 0 saturated carbocycles. The molecule has 2 aromatic rings. The number of rotatable bonds is 3. The Labute approximate surface area is 147 Å². The maximum Gasteiger partial charge on any atom is 0.225 e. The van der Waals surface area contributed by atoms with Gasteiger partial charge in [0, 0.05) is 57.2 Å². The van der Waals surface area contributed by atoms with Crippen molar-refractivity contribution in [3.8, 4) is 0 Å². The van der Waals surface area contributed by atoms with E-state index < -0.39 is 0 Å². The Morgan fingerprint density at radius 2 is 1.79 bits per heavy atom. The van der Waals surface area contributed by atoms with E-state index in [1.165, 1.54) is 5.56 Å². The molecule has 6 nitrogen and oxygen atoms in total. The molecule has 2 heterocycles. The maximum atomic E-state index is 5.92. The molecule has 0 aliphatic carbocycles. The molecular formula is C17H21ClN6. The minimum absolute atomic E-state index is 0.728. The molecule has 0 atom stereocenters. The predicted molar refractivity (Wildman–Crippen MR) is 97.5 cm³/mol. The smallest absolute Gasteiger partial charge is 0.225 e. The van der Waals surface area contributed by atoms with Crippen LogP contribution in [0, 0.1) is 0 Å². The second kappa shape index (κ2) is 7.97. The van der Waals surface area contributed by atoms with Crippen LogP contribution in [-0.2, 0) is 6.54 Å². The summed E-state index contributed by atoms with van der Waals surface area (Å²) in [6, 6.07) is 9.68. The van der Waals surface area contributed by atoms with Gasteiger partial charge in [0.15, 0.2) is 5.96 Å². The van der Waals surface area contributed by atoms with Crippen molar-refractivity contribution >= 4 is 23.5 Å². The van der Waals surface area contributed by atoms with Crippen molar-refractivity contribution in [3.63, 3.8) is 0 Å². The largest absolute Gasteiger partial charge is 0.352 e. The second-order valence-electron chi connectivity index (χ2n) is 5.55. The highest BCUT2D eigenvalue weighted by molar-refractivity contribution is 6.30. The van der Waals surface area contributed by atoms with E-state index >= 15 is 0 Å². The van der Waals surface area contributed by atoms with Crippen molar-refractivity contribution in [1.29, 1.82) is 0 Å². The van der Waals surface area contributed by atoms with Crippen LogP contribution in [0.1, 0.15) is 5.56 Å². The van der Waals surface area contributed by atoms with Gasteiger partial charge in [0.25, 0.3) is 0 Å². The number of benzene rings is 1. The number of halogens is 1. The van der Waals surface area contributed by atoms with Crippen LogP contribution < -0.4 is 10.2 Å². The van der Waals surface area contributed by atoms with Crippen molar-refractivity contribution in [2.75, 3.05) is 38.1 Å². The van der Waals surface area contributed by atoms with Gasteiger partial charge in [-0.25, -0.2) is 9.97 Å². The second-order valence-corrected chi connectivity index (χ2v) is 5.99. The van der Waals surface area contributed by atoms with Crippen molar-refractivity contribution in [1.82, 2.24) is 20.2 Å².